The molecule has 0 amide bonds. The van der Waals surface area contributed by atoms with Gasteiger partial charge in [-0.2, -0.15) is 0 Å². The highest BCUT2D eigenvalue weighted by molar-refractivity contribution is 5.93. The van der Waals surface area contributed by atoms with Crippen LogP contribution in [0.15, 0.2) is 29.4 Å². The molecular weight excluding hydrogens is 110 g/mol. The Morgan fingerprint density at radius 2 is 2.00 bits per heavy atom. The number of hydrogen-bond donors (Lipinski definition) is 0. The first-order valence-electron chi connectivity index (χ1n) is 3.00. The molecule has 1 nitrogen and oxygen atoms in total. The van der Waals surface area contributed by atoms with E-state index in [1.807, 2.05) is 32.9 Å². The SMILES string of the molecule is C=C(C)/N=C(C)\C=C/C. The molecule has 0 radical (unpaired) electrons. The Labute approximate surface area is 56.8 Å². The van der Waals surface area contributed by atoms with E-state index < -0.39 is 0 Å². The van der Waals surface area contributed by atoms with Gasteiger partial charge in [-0.3, -0.25) is 4.99 Å². The topological polar surface area (TPSA) is 12.4 Å². The Kier molecular flexibility index (Phi) is 3.69. The van der Waals surface area contributed by atoms with Crippen molar-refractivity contribution in [3.63, 3.8) is 0 Å². The third-order valence-electron chi connectivity index (χ3n) is 0.775. The molecule has 0 bridgehead atoms. The van der Waals surface area contributed by atoms with Gasteiger partial charge in [0.1, 0.15) is 0 Å². The molecule has 0 aliphatic rings. The van der Waals surface area contributed by atoms with E-state index in [1.54, 1.807) is 0 Å². The molecule has 0 saturated carbocycles. The smallest absolute Gasteiger partial charge is 0.0372 e. The molecule has 0 spiro atoms. The van der Waals surface area contributed by atoms with Gasteiger partial charge in [0.25, 0.3) is 0 Å². The summed E-state index contributed by atoms with van der Waals surface area (Å²) in [5.41, 5.74) is 1.86. The van der Waals surface area contributed by atoms with E-state index >= 15 is 0 Å². The van der Waals surface area contributed by atoms with Gasteiger partial charge < -0.3 is 0 Å². The summed E-state index contributed by atoms with van der Waals surface area (Å²) in [6.07, 6.45) is 3.91. The molecule has 0 fully saturated rings. The Bertz CT molecular complexity index is 152. The molecule has 0 N–H and O–H groups in total. The normalized spacial score (nSPS) is 12.6. The first kappa shape index (κ1) is 8.15. The van der Waals surface area contributed by atoms with E-state index in [1.165, 1.54) is 0 Å². The van der Waals surface area contributed by atoms with Crippen molar-refractivity contribution in [1.82, 2.24) is 0 Å². The van der Waals surface area contributed by atoms with Gasteiger partial charge in [-0.1, -0.05) is 12.7 Å². The molecule has 50 valence electrons. The lowest BCUT2D eigenvalue weighted by Gasteiger charge is -1.88. The summed E-state index contributed by atoms with van der Waals surface area (Å²) in [5.74, 6) is 0. The lowest BCUT2D eigenvalue weighted by molar-refractivity contribution is 1.32. The predicted molar refractivity (Wildman–Crippen MR) is 42.7 cm³/mol. The van der Waals surface area contributed by atoms with Crippen LogP contribution in [0, 0.1) is 0 Å². The standard InChI is InChI=1S/C8H13N/c1-5-6-8(4)9-7(2)3/h5-6H,2H2,1,3-4H3/b6-5-,9-8-. The van der Waals surface area contributed by atoms with E-state index in [2.05, 4.69) is 11.6 Å². The molecule has 0 aliphatic heterocycles. The van der Waals surface area contributed by atoms with E-state index in [9.17, 15) is 0 Å². The van der Waals surface area contributed by atoms with Crippen molar-refractivity contribution in [1.29, 1.82) is 0 Å². The quantitative estimate of drug-likeness (QED) is 0.500. The second-order valence-corrected chi connectivity index (χ2v) is 1.99. The van der Waals surface area contributed by atoms with Crippen LogP contribution in [0.2, 0.25) is 0 Å². The highest BCUT2D eigenvalue weighted by atomic mass is 14.7. The number of hydrogen-bond acceptors (Lipinski definition) is 1. The zero-order valence-electron chi connectivity index (χ0n) is 6.31. The Morgan fingerprint density at radius 1 is 1.44 bits per heavy atom. The molecule has 0 aromatic carbocycles. The maximum absolute atomic E-state index is 4.10. The summed E-state index contributed by atoms with van der Waals surface area (Å²) in [5, 5.41) is 0. The van der Waals surface area contributed by atoms with Gasteiger partial charge in [0.05, 0.1) is 0 Å². The van der Waals surface area contributed by atoms with Crippen LogP contribution in [-0.4, -0.2) is 5.71 Å². The summed E-state index contributed by atoms with van der Waals surface area (Å²) >= 11 is 0. The van der Waals surface area contributed by atoms with Gasteiger partial charge in [0.2, 0.25) is 0 Å². The molecule has 0 aromatic rings. The molecule has 9 heavy (non-hydrogen) atoms. The average Bonchev–Trinajstić information content (AvgIpc) is 1.63. The predicted octanol–water partition coefficient (Wildman–Crippen LogP) is 2.56. The largest absolute Gasteiger partial charge is 0.259 e. The van der Waals surface area contributed by atoms with Crippen LogP contribution >= 0.6 is 0 Å². The van der Waals surface area contributed by atoms with Gasteiger partial charge in [0.15, 0.2) is 0 Å². The molecule has 0 saturated heterocycles. The van der Waals surface area contributed by atoms with E-state index in [4.69, 9.17) is 0 Å². The first-order valence-corrected chi connectivity index (χ1v) is 3.00. The maximum Gasteiger partial charge on any atom is 0.0372 e. The van der Waals surface area contributed by atoms with Crippen molar-refractivity contribution in [3.05, 3.63) is 24.4 Å². The molecule has 0 unspecified atom stereocenters. The first-order chi connectivity index (χ1) is 4.16. The van der Waals surface area contributed by atoms with E-state index in [0.29, 0.717) is 0 Å². The fourth-order valence-electron chi connectivity index (χ4n) is 0.580. The third kappa shape index (κ3) is 5.01. The second kappa shape index (κ2) is 4.07. The average molecular weight is 123 g/mol. The Balaban J connectivity index is 4.00. The number of allylic oxidation sites excluding steroid dienone is 3. The summed E-state index contributed by atoms with van der Waals surface area (Å²) in [6.45, 7) is 9.46. The fraction of sp³-hybridized carbons (Fsp3) is 0.375. The Hall–Kier alpha value is -0.850. The van der Waals surface area contributed by atoms with Gasteiger partial charge in [-0.25, -0.2) is 0 Å². The minimum Gasteiger partial charge on any atom is -0.259 e. The van der Waals surface area contributed by atoms with Gasteiger partial charge >= 0.3 is 0 Å². The summed E-state index contributed by atoms with van der Waals surface area (Å²) < 4.78 is 0. The van der Waals surface area contributed by atoms with Crippen molar-refractivity contribution >= 4 is 5.71 Å². The summed E-state index contributed by atoms with van der Waals surface area (Å²) in [7, 11) is 0. The maximum atomic E-state index is 4.10. The zero-order chi connectivity index (χ0) is 7.28. The highest BCUT2D eigenvalue weighted by Crippen LogP contribution is 1.90. The zero-order valence-corrected chi connectivity index (χ0v) is 6.31. The van der Waals surface area contributed by atoms with Crippen molar-refractivity contribution in [2.24, 2.45) is 4.99 Å². The van der Waals surface area contributed by atoms with Crippen LogP contribution in [-0.2, 0) is 0 Å². The van der Waals surface area contributed by atoms with Gasteiger partial charge in [0, 0.05) is 11.4 Å². The van der Waals surface area contributed by atoms with Crippen LogP contribution < -0.4 is 0 Å². The van der Waals surface area contributed by atoms with Crippen LogP contribution in [0.3, 0.4) is 0 Å². The fourth-order valence-corrected chi connectivity index (χ4v) is 0.580. The van der Waals surface area contributed by atoms with Crippen LogP contribution in [0.1, 0.15) is 20.8 Å². The molecular formula is C8H13N. The van der Waals surface area contributed by atoms with Crippen molar-refractivity contribution in [3.8, 4) is 0 Å². The molecule has 0 rings (SSSR count). The molecule has 0 heterocycles. The summed E-state index contributed by atoms with van der Waals surface area (Å²) in [6, 6.07) is 0. The summed E-state index contributed by atoms with van der Waals surface area (Å²) in [4.78, 5) is 4.10. The highest BCUT2D eigenvalue weighted by Gasteiger charge is 1.79. The van der Waals surface area contributed by atoms with Crippen LogP contribution in [0.5, 0.6) is 0 Å². The minimum absolute atomic E-state index is 0.852. The second-order valence-electron chi connectivity index (χ2n) is 1.99. The molecule has 0 aromatic heterocycles. The lowest BCUT2D eigenvalue weighted by atomic mass is 10.4. The minimum atomic E-state index is 0.852. The van der Waals surface area contributed by atoms with Crippen molar-refractivity contribution in [2.75, 3.05) is 0 Å². The third-order valence-corrected chi connectivity index (χ3v) is 0.775. The molecule has 1 heteroatoms. The number of aliphatic imine (C=N–C) groups is 1. The van der Waals surface area contributed by atoms with Crippen LogP contribution in [0.25, 0.3) is 0 Å². The lowest BCUT2D eigenvalue weighted by Crippen LogP contribution is -1.82. The molecule has 0 atom stereocenters. The molecule has 0 aliphatic carbocycles. The van der Waals surface area contributed by atoms with Crippen molar-refractivity contribution < 1.29 is 0 Å². The Morgan fingerprint density at radius 3 is 2.33 bits per heavy atom. The number of rotatable bonds is 2. The van der Waals surface area contributed by atoms with E-state index in [0.717, 1.165) is 11.4 Å². The van der Waals surface area contributed by atoms with Gasteiger partial charge in [-0.15, -0.1) is 0 Å². The van der Waals surface area contributed by atoms with Crippen molar-refractivity contribution in [2.45, 2.75) is 20.8 Å². The van der Waals surface area contributed by atoms with Gasteiger partial charge in [-0.05, 0) is 26.8 Å². The van der Waals surface area contributed by atoms with Crippen LogP contribution in [0.4, 0.5) is 0 Å². The monoisotopic (exact) mass is 123 g/mol. The van der Waals surface area contributed by atoms with E-state index in [-0.39, 0.29) is 0 Å². The number of nitrogens with zero attached hydrogens (tertiary/aromatic N) is 1.